The third-order valence-electron chi connectivity index (χ3n) is 6.37. The molecule has 2 heterocycles. The Kier molecular flexibility index (Phi) is 4.19. The Hall–Kier alpha value is -2.02. The van der Waals surface area contributed by atoms with E-state index in [-0.39, 0.29) is 11.5 Å². The highest BCUT2D eigenvalue weighted by atomic mass is 32.2. The lowest BCUT2D eigenvalue weighted by Crippen LogP contribution is -2.51. The first-order valence-electron chi connectivity index (χ1n) is 9.87. The van der Waals surface area contributed by atoms with E-state index in [1.807, 2.05) is 19.2 Å². The van der Waals surface area contributed by atoms with Gasteiger partial charge in [0.25, 0.3) is 10.1 Å². The van der Waals surface area contributed by atoms with Gasteiger partial charge in [0.2, 0.25) is 0 Å². The molecule has 3 atom stereocenters. The molecule has 1 aliphatic carbocycles. The van der Waals surface area contributed by atoms with Crippen LogP contribution in [0.3, 0.4) is 0 Å². The van der Waals surface area contributed by atoms with E-state index < -0.39 is 15.5 Å². The van der Waals surface area contributed by atoms with Gasteiger partial charge in [-0.15, -0.1) is 0 Å². The molecular weight excluding hydrogens is 372 g/mol. The van der Waals surface area contributed by atoms with Crippen molar-refractivity contribution in [3.63, 3.8) is 0 Å². The number of hydrogen-bond acceptors (Lipinski definition) is 5. The van der Waals surface area contributed by atoms with Crippen molar-refractivity contribution in [1.82, 2.24) is 5.32 Å². The maximum atomic E-state index is 12.8. The molecule has 0 aromatic heterocycles. The van der Waals surface area contributed by atoms with E-state index >= 15 is 0 Å². The smallest absolute Gasteiger partial charge is 0.297 e. The molecule has 5 nitrogen and oxygen atoms in total. The van der Waals surface area contributed by atoms with Crippen molar-refractivity contribution in [1.29, 1.82) is 0 Å². The number of piperidine rings is 1. The van der Waals surface area contributed by atoms with Crippen molar-refractivity contribution in [3.05, 3.63) is 59.2 Å². The van der Waals surface area contributed by atoms with E-state index in [4.69, 9.17) is 4.18 Å². The molecule has 1 fully saturated rings. The number of benzene rings is 2. The lowest BCUT2D eigenvalue weighted by molar-refractivity contribution is 0.210. The summed E-state index contributed by atoms with van der Waals surface area (Å²) in [7, 11) is -3.82. The number of aryl methyl sites for hydroxylation is 1. The number of nitrogens with one attached hydrogen (secondary N) is 1. The first-order chi connectivity index (χ1) is 13.5. The Labute approximate surface area is 166 Å². The summed E-state index contributed by atoms with van der Waals surface area (Å²) >= 11 is 0. The molecular formula is C22H24N2O3S. The highest BCUT2D eigenvalue weighted by molar-refractivity contribution is 7.86. The SMILES string of the molecule is Cc1ccc(S(=O)(=O)OCC23C=Nc4cccc(c42)[C@H]2CCCN[C@@H]2C3)cc1. The largest absolute Gasteiger partial charge is 0.313 e. The predicted octanol–water partition coefficient (Wildman–Crippen LogP) is 3.59. The molecule has 6 heteroatoms. The summed E-state index contributed by atoms with van der Waals surface area (Å²) in [5.74, 6) is 0.465. The van der Waals surface area contributed by atoms with Crippen LogP contribution in [0.2, 0.25) is 0 Å². The minimum absolute atomic E-state index is 0.0849. The van der Waals surface area contributed by atoms with Crippen LogP contribution in [0.15, 0.2) is 52.4 Å². The number of nitrogens with zero attached hydrogens (tertiary/aromatic N) is 1. The summed E-state index contributed by atoms with van der Waals surface area (Å²) in [6.07, 6.45) is 5.05. The standard InChI is InChI=1S/C22H24N2O3S/c1-15-7-9-16(10-8-15)28(25,26)27-14-22-12-20-17(5-3-11-23-20)18-4-2-6-19(21(18)22)24-13-22/h2,4,6-10,13,17,20,23H,3,5,11-12,14H2,1H3/t17-,20-,22?/m1/s1. The van der Waals surface area contributed by atoms with E-state index in [0.717, 1.165) is 37.1 Å². The topological polar surface area (TPSA) is 67.8 Å². The molecule has 1 saturated heterocycles. The zero-order valence-corrected chi connectivity index (χ0v) is 16.7. The molecule has 0 amide bonds. The molecule has 28 heavy (non-hydrogen) atoms. The average Bonchev–Trinajstić information content (AvgIpc) is 3.07. The van der Waals surface area contributed by atoms with Gasteiger partial charge < -0.3 is 5.32 Å². The summed E-state index contributed by atoms with van der Waals surface area (Å²) in [4.78, 5) is 4.84. The maximum absolute atomic E-state index is 12.8. The van der Waals surface area contributed by atoms with Crippen LogP contribution in [-0.2, 0) is 19.7 Å². The fraction of sp³-hybridized carbons (Fsp3) is 0.409. The van der Waals surface area contributed by atoms with Crippen molar-refractivity contribution in [3.8, 4) is 0 Å². The normalized spacial score (nSPS) is 28.0. The van der Waals surface area contributed by atoms with Gasteiger partial charge in [0.05, 0.1) is 22.6 Å². The van der Waals surface area contributed by atoms with Gasteiger partial charge in [0, 0.05) is 12.3 Å². The molecule has 2 aromatic carbocycles. The van der Waals surface area contributed by atoms with Crippen molar-refractivity contribution in [2.45, 2.75) is 48.5 Å². The van der Waals surface area contributed by atoms with Gasteiger partial charge >= 0.3 is 0 Å². The van der Waals surface area contributed by atoms with Crippen LogP contribution < -0.4 is 5.32 Å². The Morgan fingerprint density at radius 3 is 2.86 bits per heavy atom. The van der Waals surface area contributed by atoms with Crippen LogP contribution in [0, 0.1) is 6.92 Å². The minimum atomic E-state index is -3.82. The van der Waals surface area contributed by atoms with Crippen molar-refractivity contribution < 1.29 is 12.6 Å². The molecule has 5 rings (SSSR count). The van der Waals surface area contributed by atoms with Crippen molar-refractivity contribution in [2.75, 3.05) is 13.2 Å². The van der Waals surface area contributed by atoms with Crippen LogP contribution in [0.25, 0.3) is 0 Å². The van der Waals surface area contributed by atoms with Crippen LogP contribution in [0.1, 0.15) is 41.9 Å². The van der Waals surface area contributed by atoms with Crippen molar-refractivity contribution >= 4 is 22.0 Å². The van der Waals surface area contributed by atoms with Gasteiger partial charge in [-0.1, -0.05) is 29.8 Å². The fourth-order valence-corrected chi connectivity index (χ4v) is 5.96. The van der Waals surface area contributed by atoms with Gasteiger partial charge in [-0.2, -0.15) is 8.42 Å². The van der Waals surface area contributed by atoms with Gasteiger partial charge in [-0.25, -0.2) is 0 Å². The molecule has 1 unspecified atom stereocenters. The number of fused-ring (bicyclic) bond motifs is 2. The second kappa shape index (κ2) is 6.51. The first-order valence-corrected chi connectivity index (χ1v) is 11.3. The molecule has 146 valence electrons. The minimum Gasteiger partial charge on any atom is -0.313 e. The molecule has 0 spiro atoms. The quantitative estimate of drug-likeness (QED) is 0.802. The molecule has 2 aliphatic heterocycles. The van der Waals surface area contributed by atoms with Crippen LogP contribution in [-0.4, -0.2) is 33.8 Å². The Balaban J connectivity index is 1.49. The van der Waals surface area contributed by atoms with Gasteiger partial charge in [-0.3, -0.25) is 9.18 Å². The molecule has 2 aromatic rings. The lowest BCUT2D eigenvalue weighted by Gasteiger charge is -2.45. The number of rotatable bonds is 4. The predicted molar refractivity (Wildman–Crippen MR) is 109 cm³/mol. The highest BCUT2D eigenvalue weighted by Gasteiger charge is 2.48. The summed E-state index contributed by atoms with van der Waals surface area (Å²) in [6.45, 7) is 3.02. The number of hydrogen-bond donors (Lipinski definition) is 1. The van der Waals surface area contributed by atoms with E-state index in [0.29, 0.717) is 12.0 Å². The van der Waals surface area contributed by atoms with E-state index in [1.54, 1.807) is 24.3 Å². The zero-order valence-electron chi connectivity index (χ0n) is 15.9. The fourth-order valence-electron chi connectivity index (χ4n) is 4.99. The molecule has 0 saturated carbocycles. The average molecular weight is 397 g/mol. The Morgan fingerprint density at radius 1 is 1.21 bits per heavy atom. The third-order valence-corrected chi connectivity index (χ3v) is 7.65. The molecule has 1 N–H and O–H groups in total. The van der Waals surface area contributed by atoms with E-state index in [1.165, 1.54) is 11.1 Å². The summed E-state index contributed by atoms with van der Waals surface area (Å²) in [5.41, 5.74) is 3.95. The van der Waals surface area contributed by atoms with E-state index in [2.05, 4.69) is 22.4 Å². The first kappa shape index (κ1) is 18.0. The number of aliphatic imine (C=N–C) groups is 1. The summed E-state index contributed by atoms with van der Waals surface area (Å²) < 4.78 is 31.2. The summed E-state index contributed by atoms with van der Waals surface area (Å²) in [6, 6.07) is 13.4. The monoisotopic (exact) mass is 396 g/mol. The van der Waals surface area contributed by atoms with E-state index in [9.17, 15) is 8.42 Å². The van der Waals surface area contributed by atoms with Crippen LogP contribution in [0.4, 0.5) is 5.69 Å². The second-order valence-corrected chi connectivity index (χ2v) is 9.81. The van der Waals surface area contributed by atoms with Crippen LogP contribution >= 0.6 is 0 Å². The third kappa shape index (κ3) is 2.82. The lowest BCUT2D eigenvalue weighted by atomic mass is 9.64. The van der Waals surface area contributed by atoms with Crippen molar-refractivity contribution in [2.24, 2.45) is 4.99 Å². The summed E-state index contributed by atoms with van der Waals surface area (Å²) in [5, 5.41) is 3.64. The maximum Gasteiger partial charge on any atom is 0.297 e. The van der Waals surface area contributed by atoms with Gasteiger partial charge in [0.1, 0.15) is 0 Å². The second-order valence-electron chi connectivity index (χ2n) is 8.20. The highest BCUT2D eigenvalue weighted by Crippen LogP contribution is 2.51. The molecule has 3 aliphatic rings. The zero-order chi connectivity index (χ0) is 19.4. The van der Waals surface area contributed by atoms with Gasteiger partial charge in [-0.05, 0) is 68.0 Å². The van der Waals surface area contributed by atoms with Crippen LogP contribution in [0.5, 0.6) is 0 Å². The molecule has 0 bridgehead atoms. The Bertz CT molecular complexity index is 1050. The molecule has 0 radical (unpaired) electrons. The van der Waals surface area contributed by atoms with Gasteiger partial charge in [0.15, 0.2) is 0 Å². The Morgan fingerprint density at radius 2 is 2.04 bits per heavy atom.